The summed E-state index contributed by atoms with van der Waals surface area (Å²) in [7, 11) is 0. The second kappa shape index (κ2) is 16.0. The SMILES string of the molecule is C=Cc1c(C=C)n(-c2c(O)c(O)c(O)c(O)c2O)c2ccc(C3C=c4c(o/c(=C/C=C\C)c4=CC(=NCc4ccccc4)N=C(N=C)c4ccccc4)=CC3)cc12. The molecule has 0 aliphatic heterocycles. The Hall–Kier alpha value is -7.59. The van der Waals surface area contributed by atoms with Gasteiger partial charge in [-0.25, -0.2) is 9.98 Å². The summed E-state index contributed by atoms with van der Waals surface area (Å²) in [6.07, 6.45) is 15.7. The van der Waals surface area contributed by atoms with Crippen molar-refractivity contribution in [2.75, 3.05) is 0 Å². The van der Waals surface area contributed by atoms with E-state index >= 15 is 0 Å². The predicted molar refractivity (Wildman–Crippen MR) is 229 cm³/mol. The van der Waals surface area contributed by atoms with Gasteiger partial charge in [0.15, 0.2) is 23.2 Å². The second-order valence-electron chi connectivity index (χ2n) is 13.2. The standard InChI is InChI=1S/C47H40N4O6/c1-5-8-19-38-35(26-40(49-27-28-15-11-9-12-16-28)50-47(48-4)29-17-13-10-14-18-29)34-25-31(21-23-39(34)57-38)30-20-22-37-33(24-30)32(6-2)36(7-3)51(37)41-42(52)44(54)46(56)45(55)43(41)53/h5-20,22-26,31,52-56H,2-4,21,27H2,1H3/b8-5-,35-26?,38-19+,49-40?,50-47?. The topological polar surface area (TPSA) is 156 Å². The zero-order chi connectivity index (χ0) is 40.2. The van der Waals surface area contributed by atoms with Gasteiger partial charge >= 0.3 is 0 Å². The Bertz CT molecular complexity index is 2890. The van der Waals surface area contributed by atoms with Gasteiger partial charge < -0.3 is 34.5 Å². The maximum atomic E-state index is 10.9. The van der Waals surface area contributed by atoms with Gasteiger partial charge in [0, 0.05) is 32.9 Å². The molecule has 2 heterocycles. The first-order valence-corrected chi connectivity index (χ1v) is 18.2. The molecule has 1 aliphatic carbocycles. The molecule has 4 aromatic carbocycles. The number of rotatable bonds is 9. The van der Waals surface area contributed by atoms with Crippen LogP contribution in [-0.4, -0.2) is 48.5 Å². The molecule has 1 aliphatic rings. The Morgan fingerprint density at radius 1 is 0.877 bits per heavy atom. The molecule has 284 valence electrons. The van der Waals surface area contributed by atoms with Gasteiger partial charge in [0.2, 0.25) is 17.2 Å². The van der Waals surface area contributed by atoms with Crippen LogP contribution in [0.4, 0.5) is 0 Å². The largest absolute Gasteiger partial charge is 0.503 e. The predicted octanol–water partition coefficient (Wildman–Crippen LogP) is 6.67. The minimum Gasteiger partial charge on any atom is -0.503 e. The van der Waals surface area contributed by atoms with Crippen molar-refractivity contribution in [1.29, 1.82) is 0 Å². The second-order valence-corrected chi connectivity index (χ2v) is 13.2. The maximum absolute atomic E-state index is 10.9. The third-order valence-electron chi connectivity index (χ3n) is 9.81. The summed E-state index contributed by atoms with van der Waals surface area (Å²) in [6.45, 7) is 14.1. The molecule has 2 aromatic heterocycles. The quantitative estimate of drug-likeness (QED) is 0.0481. The number of allylic oxidation sites excluding steroid dienone is 2. The molecule has 1 atom stereocenters. The zero-order valence-corrected chi connectivity index (χ0v) is 31.2. The van der Waals surface area contributed by atoms with E-state index in [0.717, 1.165) is 32.5 Å². The van der Waals surface area contributed by atoms with Gasteiger partial charge in [-0.15, -0.1) is 0 Å². The van der Waals surface area contributed by atoms with E-state index < -0.39 is 28.7 Å². The first-order chi connectivity index (χ1) is 27.7. The molecule has 10 heteroatoms. The van der Waals surface area contributed by atoms with Crippen LogP contribution in [0.2, 0.25) is 0 Å². The van der Waals surface area contributed by atoms with Crippen LogP contribution < -0.4 is 21.3 Å². The number of aromatic nitrogens is 1. The van der Waals surface area contributed by atoms with E-state index in [0.29, 0.717) is 52.2 Å². The highest BCUT2D eigenvalue weighted by molar-refractivity contribution is 6.17. The van der Waals surface area contributed by atoms with Crippen LogP contribution in [0.5, 0.6) is 28.7 Å². The molecule has 0 saturated carbocycles. The van der Waals surface area contributed by atoms with Crippen LogP contribution in [0.1, 0.15) is 47.2 Å². The van der Waals surface area contributed by atoms with E-state index in [4.69, 9.17) is 14.4 Å². The van der Waals surface area contributed by atoms with Crippen molar-refractivity contribution in [2.24, 2.45) is 15.0 Å². The smallest absolute Gasteiger partial charge is 0.208 e. The van der Waals surface area contributed by atoms with Crippen LogP contribution in [0, 0.1) is 0 Å². The normalized spacial score (nSPS) is 15.1. The van der Waals surface area contributed by atoms with E-state index in [1.165, 1.54) is 10.6 Å². The van der Waals surface area contributed by atoms with E-state index in [9.17, 15) is 25.5 Å². The highest BCUT2D eigenvalue weighted by Gasteiger charge is 2.28. The Balaban J connectivity index is 1.42. The number of hydrogen-bond acceptors (Lipinski definition) is 7. The van der Waals surface area contributed by atoms with Gasteiger partial charge in [0.1, 0.15) is 16.5 Å². The first-order valence-electron chi connectivity index (χ1n) is 18.2. The van der Waals surface area contributed by atoms with Gasteiger partial charge in [0.05, 0.1) is 17.8 Å². The molecule has 0 bridgehead atoms. The Kier molecular flexibility index (Phi) is 10.6. The lowest BCUT2D eigenvalue weighted by Gasteiger charge is -2.16. The molecule has 10 nitrogen and oxygen atoms in total. The van der Waals surface area contributed by atoms with E-state index in [1.807, 2.05) is 110 Å². The monoisotopic (exact) mass is 756 g/mol. The number of phenols is 5. The third-order valence-corrected chi connectivity index (χ3v) is 9.81. The van der Waals surface area contributed by atoms with Crippen molar-refractivity contribution in [3.63, 3.8) is 0 Å². The van der Waals surface area contributed by atoms with Crippen molar-refractivity contribution in [3.8, 4) is 34.4 Å². The summed E-state index contributed by atoms with van der Waals surface area (Å²) >= 11 is 0. The number of amidine groups is 2. The molecule has 1 unspecified atom stereocenters. The number of aliphatic imine (C=N–C) groups is 3. The number of phenolic OH excluding ortho intramolecular Hbond substituents is 5. The fraction of sp³-hybridized carbons (Fsp3) is 0.0851. The minimum atomic E-state index is -1.04. The first kappa shape index (κ1) is 37.7. The highest BCUT2D eigenvalue weighted by Crippen LogP contribution is 2.54. The minimum absolute atomic E-state index is 0.110. The van der Waals surface area contributed by atoms with E-state index in [2.05, 4.69) is 37.0 Å². The van der Waals surface area contributed by atoms with Crippen LogP contribution >= 0.6 is 0 Å². The number of hydrogen-bond donors (Lipinski definition) is 5. The maximum Gasteiger partial charge on any atom is 0.208 e. The number of benzene rings is 4. The number of furan rings is 1. The van der Waals surface area contributed by atoms with Crippen molar-refractivity contribution < 1.29 is 29.9 Å². The molecular weight excluding hydrogens is 717 g/mol. The van der Waals surface area contributed by atoms with E-state index in [-0.39, 0.29) is 11.6 Å². The number of aromatic hydroxyl groups is 5. The molecule has 0 saturated heterocycles. The molecule has 0 amide bonds. The van der Waals surface area contributed by atoms with Crippen LogP contribution in [0.25, 0.3) is 53.0 Å². The van der Waals surface area contributed by atoms with Gasteiger partial charge in [-0.05, 0) is 67.6 Å². The van der Waals surface area contributed by atoms with Crippen molar-refractivity contribution in [1.82, 2.24) is 4.57 Å². The summed E-state index contributed by atoms with van der Waals surface area (Å²) in [5.41, 5.74) is 5.38. The summed E-state index contributed by atoms with van der Waals surface area (Å²) in [6, 6.07) is 25.3. The molecule has 0 fully saturated rings. The average Bonchev–Trinajstić information content (AvgIpc) is 3.76. The van der Waals surface area contributed by atoms with Gasteiger partial charge in [-0.3, -0.25) is 4.99 Å². The molecular formula is C47H40N4O6. The highest BCUT2D eigenvalue weighted by atomic mass is 16.4. The molecule has 6 aromatic rings. The number of nitrogens with zero attached hydrogens (tertiary/aromatic N) is 4. The Morgan fingerprint density at radius 2 is 1.56 bits per heavy atom. The van der Waals surface area contributed by atoms with Crippen LogP contribution in [-0.2, 0) is 6.54 Å². The van der Waals surface area contributed by atoms with Crippen LogP contribution in [0.3, 0.4) is 0 Å². The van der Waals surface area contributed by atoms with Crippen molar-refractivity contribution in [3.05, 3.63) is 153 Å². The van der Waals surface area contributed by atoms with Gasteiger partial charge in [-0.1, -0.05) is 104 Å². The van der Waals surface area contributed by atoms with Crippen LogP contribution in [0.15, 0.2) is 124 Å². The fourth-order valence-corrected chi connectivity index (χ4v) is 7.02. The third kappa shape index (κ3) is 7.07. The summed E-state index contributed by atoms with van der Waals surface area (Å²) in [5, 5.41) is 55.0. The Labute approximate surface area is 328 Å². The fourth-order valence-electron chi connectivity index (χ4n) is 7.02. The molecule has 7 rings (SSSR count). The van der Waals surface area contributed by atoms with Gasteiger partial charge in [0.25, 0.3) is 0 Å². The molecule has 0 radical (unpaired) electrons. The molecule has 0 spiro atoms. The molecule has 5 N–H and O–H groups in total. The number of fused-ring (bicyclic) bond motifs is 2. The van der Waals surface area contributed by atoms with E-state index in [1.54, 1.807) is 6.08 Å². The lowest BCUT2D eigenvalue weighted by Crippen LogP contribution is -2.40. The van der Waals surface area contributed by atoms with Crippen molar-refractivity contribution in [2.45, 2.75) is 25.8 Å². The summed E-state index contributed by atoms with van der Waals surface area (Å²) < 4.78 is 7.90. The summed E-state index contributed by atoms with van der Waals surface area (Å²) in [5.74, 6) is -3.89. The average molecular weight is 757 g/mol. The lowest BCUT2D eigenvalue weighted by atomic mass is 9.90. The van der Waals surface area contributed by atoms with Gasteiger partial charge in [-0.2, -0.15) is 0 Å². The molecule has 57 heavy (non-hydrogen) atoms. The lowest BCUT2D eigenvalue weighted by molar-refractivity contribution is 0.327. The Morgan fingerprint density at radius 3 is 2.21 bits per heavy atom. The summed E-state index contributed by atoms with van der Waals surface area (Å²) in [4.78, 5) is 14.1. The zero-order valence-electron chi connectivity index (χ0n) is 31.2. The van der Waals surface area contributed by atoms with Crippen molar-refractivity contribution >= 4 is 65.7 Å².